The number of rotatable bonds is 1. The summed E-state index contributed by atoms with van der Waals surface area (Å²) in [5.41, 5.74) is 2.54. The topological polar surface area (TPSA) is 25.8 Å². The van der Waals surface area contributed by atoms with E-state index in [0.29, 0.717) is 5.15 Å². The number of halogens is 1. The zero-order valence-corrected chi connectivity index (χ0v) is 9.78. The van der Waals surface area contributed by atoms with Crippen molar-refractivity contribution in [2.24, 2.45) is 0 Å². The van der Waals surface area contributed by atoms with Gasteiger partial charge in [-0.3, -0.25) is 0 Å². The van der Waals surface area contributed by atoms with E-state index in [2.05, 4.69) is 16.5 Å². The van der Waals surface area contributed by atoms with Crippen LogP contribution in [0.2, 0.25) is 5.15 Å². The van der Waals surface area contributed by atoms with E-state index in [0.717, 1.165) is 27.5 Å². The van der Waals surface area contributed by atoms with Gasteiger partial charge in [-0.05, 0) is 24.3 Å². The molecule has 0 N–H and O–H groups in total. The summed E-state index contributed by atoms with van der Waals surface area (Å²) in [6.45, 7) is 3.73. The minimum atomic E-state index is 0.482. The van der Waals surface area contributed by atoms with Crippen LogP contribution in [0.1, 0.15) is 5.69 Å². The smallest absolute Gasteiger partial charge is 0.129 e. The molecule has 3 heteroatoms. The summed E-state index contributed by atoms with van der Waals surface area (Å²) >= 11 is 5.93. The van der Waals surface area contributed by atoms with Gasteiger partial charge in [-0.1, -0.05) is 36.4 Å². The number of hydrogen-bond donors (Lipinski definition) is 0. The molecule has 2 heterocycles. The van der Waals surface area contributed by atoms with Crippen molar-refractivity contribution in [1.29, 1.82) is 0 Å². The van der Waals surface area contributed by atoms with Crippen molar-refractivity contribution < 1.29 is 0 Å². The van der Waals surface area contributed by atoms with E-state index in [1.807, 2.05) is 30.3 Å². The Bertz CT molecular complexity index is 735. The number of pyridine rings is 2. The number of hydrogen-bond acceptors (Lipinski definition) is 2. The molecule has 0 unspecified atom stereocenters. The maximum Gasteiger partial charge on any atom is 0.129 e. The quantitative estimate of drug-likeness (QED) is 0.473. The summed E-state index contributed by atoms with van der Waals surface area (Å²) < 4.78 is 0. The molecule has 0 amide bonds. The van der Waals surface area contributed by atoms with E-state index >= 15 is 0 Å². The molecule has 0 saturated carbocycles. The largest absolute Gasteiger partial charge is 0.246 e. The average molecular weight is 241 g/mol. The highest BCUT2D eigenvalue weighted by atomic mass is 35.5. The lowest BCUT2D eigenvalue weighted by Gasteiger charge is -2.03. The molecule has 0 saturated heterocycles. The second kappa shape index (κ2) is 3.82. The molecule has 0 atom stereocenters. The molecule has 0 radical (unpaired) electrons. The zero-order chi connectivity index (χ0) is 11.8. The van der Waals surface area contributed by atoms with Gasteiger partial charge in [0.1, 0.15) is 5.15 Å². The highest BCUT2D eigenvalue weighted by Crippen LogP contribution is 2.24. The van der Waals surface area contributed by atoms with Crippen LogP contribution in [0.4, 0.5) is 0 Å². The van der Waals surface area contributed by atoms with Gasteiger partial charge >= 0.3 is 0 Å². The molecule has 0 bridgehead atoms. The van der Waals surface area contributed by atoms with Gasteiger partial charge in [0.2, 0.25) is 0 Å². The number of benzene rings is 1. The Morgan fingerprint density at radius 2 is 1.47 bits per heavy atom. The molecule has 3 rings (SSSR count). The van der Waals surface area contributed by atoms with E-state index in [-0.39, 0.29) is 0 Å². The highest BCUT2D eigenvalue weighted by molar-refractivity contribution is 6.30. The van der Waals surface area contributed by atoms with E-state index < -0.39 is 0 Å². The highest BCUT2D eigenvalue weighted by Gasteiger charge is 2.04. The molecule has 2 nitrogen and oxygen atoms in total. The van der Waals surface area contributed by atoms with Gasteiger partial charge in [0.25, 0.3) is 0 Å². The first kappa shape index (κ1) is 10.2. The van der Waals surface area contributed by atoms with Gasteiger partial charge in [0, 0.05) is 10.8 Å². The maximum absolute atomic E-state index is 5.93. The molecular formula is C14H9ClN2. The van der Waals surface area contributed by atoms with Crippen molar-refractivity contribution in [1.82, 2.24) is 9.97 Å². The van der Waals surface area contributed by atoms with Crippen molar-refractivity contribution in [2.45, 2.75) is 0 Å². The van der Waals surface area contributed by atoms with Crippen molar-refractivity contribution >= 4 is 39.5 Å². The minimum absolute atomic E-state index is 0.482. The maximum atomic E-state index is 5.93. The average Bonchev–Trinajstić information content (AvgIpc) is 2.38. The standard InChI is InChI=1S/C14H9ClN2/c1-2-11-7-5-9-3-4-10-6-8-12(15)17-14(10)13(9)16-11/h2-8H,1H2. The van der Waals surface area contributed by atoms with Crippen LogP contribution in [-0.4, -0.2) is 9.97 Å². The molecule has 0 aliphatic heterocycles. The monoisotopic (exact) mass is 240 g/mol. The summed E-state index contributed by atoms with van der Waals surface area (Å²) in [4.78, 5) is 8.87. The lowest BCUT2D eigenvalue weighted by atomic mass is 10.1. The molecule has 0 fully saturated rings. The molecule has 1 aromatic carbocycles. The van der Waals surface area contributed by atoms with Crippen LogP contribution in [0.25, 0.3) is 27.9 Å². The van der Waals surface area contributed by atoms with Crippen molar-refractivity contribution in [3.05, 3.63) is 53.8 Å². The number of nitrogens with zero attached hydrogens (tertiary/aromatic N) is 2. The molecule has 3 aromatic rings. The van der Waals surface area contributed by atoms with Crippen molar-refractivity contribution in [3.63, 3.8) is 0 Å². The molecule has 0 aliphatic rings. The molecule has 0 spiro atoms. The van der Waals surface area contributed by atoms with E-state index in [4.69, 9.17) is 11.6 Å². The third-order valence-electron chi connectivity index (χ3n) is 2.72. The summed E-state index contributed by atoms with van der Waals surface area (Å²) in [6, 6.07) is 11.7. The van der Waals surface area contributed by atoms with Crippen LogP contribution < -0.4 is 0 Å². The first-order valence-electron chi connectivity index (χ1n) is 5.26. The van der Waals surface area contributed by atoms with Crippen LogP contribution >= 0.6 is 11.6 Å². The van der Waals surface area contributed by atoms with Crippen molar-refractivity contribution in [2.75, 3.05) is 0 Å². The van der Waals surface area contributed by atoms with E-state index in [1.165, 1.54) is 0 Å². The Balaban J connectivity index is 2.51. The van der Waals surface area contributed by atoms with Gasteiger partial charge in [-0.2, -0.15) is 0 Å². The molecule has 17 heavy (non-hydrogen) atoms. The lowest BCUT2D eigenvalue weighted by Crippen LogP contribution is -1.87. The van der Waals surface area contributed by atoms with Gasteiger partial charge in [0.15, 0.2) is 0 Å². The molecule has 2 aromatic heterocycles. The molecule has 82 valence electrons. The third kappa shape index (κ3) is 1.67. The predicted octanol–water partition coefficient (Wildman–Crippen LogP) is 4.08. The zero-order valence-electron chi connectivity index (χ0n) is 9.02. The fourth-order valence-corrected chi connectivity index (χ4v) is 2.02. The number of fused-ring (bicyclic) bond motifs is 3. The summed E-state index contributed by atoms with van der Waals surface area (Å²) in [5, 5.41) is 2.57. The van der Waals surface area contributed by atoms with Crippen molar-refractivity contribution in [3.8, 4) is 0 Å². The summed E-state index contributed by atoms with van der Waals surface area (Å²) in [5.74, 6) is 0. The van der Waals surface area contributed by atoms with Gasteiger partial charge in [0.05, 0.1) is 16.7 Å². The minimum Gasteiger partial charge on any atom is -0.246 e. The first-order valence-corrected chi connectivity index (χ1v) is 5.64. The van der Waals surface area contributed by atoms with E-state index in [1.54, 1.807) is 12.1 Å². The summed E-state index contributed by atoms with van der Waals surface area (Å²) in [7, 11) is 0. The Hall–Kier alpha value is -1.93. The van der Waals surface area contributed by atoms with Crippen LogP contribution in [0.15, 0.2) is 43.0 Å². The molecule has 0 aliphatic carbocycles. The normalized spacial score (nSPS) is 10.9. The number of aromatic nitrogens is 2. The first-order chi connectivity index (χ1) is 8.28. The van der Waals surface area contributed by atoms with E-state index in [9.17, 15) is 0 Å². The van der Waals surface area contributed by atoms with Crippen LogP contribution in [0.3, 0.4) is 0 Å². The van der Waals surface area contributed by atoms with Crippen LogP contribution in [-0.2, 0) is 0 Å². The Kier molecular flexibility index (Phi) is 2.30. The third-order valence-corrected chi connectivity index (χ3v) is 2.93. The molecular weight excluding hydrogens is 232 g/mol. The van der Waals surface area contributed by atoms with Crippen LogP contribution in [0.5, 0.6) is 0 Å². The Morgan fingerprint density at radius 1 is 0.882 bits per heavy atom. The predicted molar refractivity (Wildman–Crippen MR) is 72.1 cm³/mol. The van der Waals surface area contributed by atoms with Gasteiger partial charge in [-0.25, -0.2) is 9.97 Å². The second-order valence-electron chi connectivity index (χ2n) is 3.78. The van der Waals surface area contributed by atoms with Crippen LogP contribution in [0, 0.1) is 0 Å². The van der Waals surface area contributed by atoms with Gasteiger partial charge < -0.3 is 0 Å². The second-order valence-corrected chi connectivity index (χ2v) is 4.17. The Labute approximate surface area is 104 Å². The Morgan fingerprint density at radius 3 is 2.18 bits per heavy atom. The SMILES string of the molecule is C=Cc1ccc2ccc3ccc(Cl)nc3c2n1. The summed E-state index contributed by atoms with van der Waals surface area (Å²) in [6.07, 6.45) is 1.73. The fraction of sp³-hybridized carbons (Fsp3) is 0. The fourth-order valence-electron chi connectivity index (χ4n) is 1.87. The lowest BCUT2D eigenvalue weighted by molar-refractivity contribution is 1.35. The van der Waals surface area contributed by atoms with Gasteiger partial charge in [-0.15, -0.1) is 0 Å².